The van der Waals surface area contributed by atoms with Crippen molar-refractivity contribution in [1.29, 1.82) is 0 Å². The van der Waals surface area contributed by atoms with Gasteiger partial charge in [-0.1, -0.05) is 12.1 Å². The first-order valence-corrected chi connectivity index (χ1v) is 6.47. The summed E-state index contributed by atoms with van der Waals surface area (Å²) in [5, 5.41) is 2.56. The molecule has 1 aromatic rings. The predicted octanol–water partition coefficient (Wildman–Crippen LogP) is 2.84. The molecule has 0 atom stereocenters. The minimum atomic E-state index is -1.02. The van der Waals surface area contributed by atoms with E-state index in [-0.39, 0.29) is 11.3 Å². The number of ether oxygens (including phenoxy) is 3. The van der Waals surface area contributed by atoms with Gasteiger partial charge in [0.2, 0.25) is 12.1 Å². The second-order valence-electron chi connectivity index (χ2n) is 5.34. The molecule has 0 fully saturated rings. The second-order valence-corrected chi connectivity index (χ2v) is 5.34. The van der Waals surface area contributed by atoms with Crippen LogP contribution in [0, 0.1) is 0 Å². The molecule has 0 spiro atoms. The Morgan fingerprint density at radius 2 is 1.67 bits per heavy atom. The van der Waals surface area contributed by atoms with Gasteiger partial charge in [-0.15, -0.1) is 0 Å². The molecule has 1 aromatic carbocycles. The standard InChI is InChI=1S/C15H21NO5/c1-15(2,3)21-14(18)16-11-9-7-6-8-10(11)12(17)13(19-4)20-5/h6-9,13H,1-5H3,(H,16,18). The lowest BCUT2D eigenvalue weighted by Gasteiger charge is -2.20. The molecular weight excluding hydrogens is 274 g/mol. The lowest BCUT2D eigenvalue weighted by Crippen LogP contribution is -2.29. The van der Waals surface area contributed by atoms with Crippen molar-refractivity contribution in [3.05, 3.63) is 29.8 Å². The topological polar surface area (TPSA) is 73.9 Å². The second kappa shape index (κ2) is 7.19. The van der Waals surface area contributed by atoms with Gasteiger partial charge in [-0.2, -0.15) is 0 Å². The van der Waals surface area contributed by atoms with Crippen LogP contribution in [0.4, 0.5) is 10.5 Å². The Hall–Kier alpha value is -1.92. The van der Waals surface area contributed by atoms with Gasteiger partial charge in [0, 0.05) is 19.8 Å². The lowest BCUT2D eigenvalue weighted by atomic mass is 10.1. The van der Waals surface area contributed by atoms with Gasteiger partial charge in [-0.3, -0.25) is 10.1 Å². The van der Waals surface area contributed by atoms with Gasteiger partial charge in [0.25, 0.3) is 0 Å². The third kappa shape index (κ3) is 5.17. The molecule has 0 saturated heterocycles. The van der Waals surface area contributed by atoms with Crippen LogP contribution >= 0.6 is 0 Å². The highest BCUT2D eigenvalue weighted by Gasteiger charge is 2.23. The molecule has 6 nitrogen and oxygen atoms in total. The number of nitrogens with one attached hydrogen (secondary N) is 1. The van der Waals surface area contributed by atoms with Crippen molar-refractivity contribution < 1.29 is 23.8 Å². The van der Waals surface area contributed by atoms with E-state index in [2.05, 4.69) is 5.32 Å². The first-order chi connectivity index (χ1) is 9.78. The fourth-order valence-electron chi connectivity index (χ4n) is 1.66. The summed E-state index contributed by atoms with van der Waals surface area (Å²) < 4.78 is 15.0. The third-order valence-corrected chi connectivity index (χ3v) is 2.47. The van der Waals surface area contributed by atoms with E-state index in [0.29, 0.717) is 5.69 Å². The average molecular weight is 295 g/mol. The molecule has 1 rings (SSSR count). The molecule has 0 radical (unpaired) electrons. The lowest BCUT2D eigenvalue weighted by molar-refractivity contribution is -0.0741. The monoisotopic (exact) mass is 295 g/mol. The number of para-hydroxylation sites is 1. The molecule has 1 N–H and O–H groups in total. The Balaban J connectivity index is 2.94. The molecule has 0 unspecified atom stereocenters. The molecule has 0 aliphatic carbocycles. The van der Waals surface area contributed by atoms with Crippen molar-refractivity contribution in [2.75, 3.05) is 19.5 Å². The molecule has 0 saturated carbocycles. The summed E-state index contributed by atoms with van der Waals surface area (Å²) in [5.41, 5.74) is 0.0119. The number of benzene rings is 1. The van der Waals surface area contributed by atoms with Gasteiger partial charge in [0.15, 0.2) is 0 Å². The Morgan fingerprint density at radius 3 is 2.19 bits per heavy atom. The van der Waals surface area contributed by atoms with E-state index in [1.807, 2.05) is 0 Å². The Labute approximate surface area is 124 Å². The molecule has 0 heterocycles. The molecule has 0 aliphatic rings. The van der Waals surface area contributed by atoms with Crippen molar-refractivity contribution >= 4 is 17.6 Å². The SMILES string of the molecule is COC(OC)C(=O)c1ccccc1NC(=O)OC(C)(C)C. The first-order valence-electron chi connectivity index (χ1n) is 6.47. The van der Waals surface area contributed by atoms with Crippen LogP contribution < -0.4 is 5.32 Å². The van der Waals surface area contributed by atoms with Crippen LogP contribution in [0.5, 0.6) is 0 Å². The summed E-state index contributed by atoms with van der Waals surface area (Å²) in [6, 6.07) is 6.59. The summed E-state index contributed by atoms with van der Waals surface area (Å²) in [4.78, 5) is 24.1. The van der Waals surface area contributed by atoms with E-state index < -0.39 is 18.0 Å². The van der Waals surface area contributed by atoms with Crippen LogP contribution in [-0.2, 0) is 14.2 Å². The van der Waals surface area contributed by atoms with Crippen LogP contribution in [0.3, 0.4) is 0 Å². The van der Waals surface area contributed by atoms with Crippen LogP contribution in [-0.4, -0.2) is 38.0 Å². The van der Waals surface area contributed by atoms with Crippen molar-refractivity contribution in [2.24, 2.45) is 0 Å². The Bertz CT molecular complexity index is 503. The molecule has 0 aliphatic heterocycles. The smallest absolute Gasteiger partial charge is 0.412 e. The number of carbonyl (C=O) groups excluding carboxylic acids is 2. The number of ketones is 1. The summed E-state index contributed by atoms with van der Waals surface area (Å²) in [6.45, 7) is 5.28. The normalized spacial score (nSPS) is 11.3. The average Bonchev–Trinajstić information content (AvgIpc) is 2.38. The number of anilines is 1. The van der Waals surface area contributed by atoms with E-state index in [9.17, 15) is 9.59 Å². The number of rotatable bonds is 5. The van der Waals surface area contributed by atoms with Gasteiger partial charge in [0.05, 0.1) is 5.69 Å². The molecule has 0 aromatic heterocycles. The minimum absolute atomic E-state index is 0.289. The zero-order valence-electron chi connectivity index (χ0n) is 12.9. The van der Waals surface area contributed by atoms with E-state index >= 15 is 0 Å². The van der Waals surface area contributed by atoms with Crippen LogP contribution in [0.1, 0.15) is 31.1 Å². The highest BCUT2D eigenvalue weighted by molar-refractivity contribution is 6.05. The molecule has 0 bridgehead atoms. The Kier molecular flexibility index (Phi) is 5.87. The highest BCUT2D eigenvalue weighted by Crippen LogP contribution is 2.19. The number of carbonyl (C=O) groups is 2. The highest BCUT2D eigenvalue weighted by atomic mass is 16.7. The zero-order chi connectivity index (χ0) is 16.0. The van der Waals surface area contributed by atoms with E-state index in [0.717, 1.165) is 0 Å². The van der Waals surface area contributed by atoms with Crippen molar-refractivity contribution in [3.63, 3.8) is 0 Å². The minimum Gasteiger partial charge on any atom is -0.444 e. The number of hydrogen-bond acceptors (Lipinski definition) is 5. The van der Waals surface area contributed by atoms with E-state index in [1.54, 1.807) is 45.0 Å². The third-order valence-electron chi connectivity index (χ3n) is 2.47. The van der Waals surface area contributed by atoms with Gasteiger partial charge in [-0.25, -0.2) is 4.79 Å². The molecule has 116 valence electrons. The number of Topliss-reactive ketones (excluding diaryl/α,β-unsaturated/α-hetero) is 1. The summed E-state index contributed by atoms with van der Waals surface area (Å²) >= 11 is 0. The number of hydrogen-bond donors (Lipinski definition) is 1. The first kappa shape index (κ1) is 17.1. The molecular formula is C15H21NO5. The van der Waals surface area contributed by atoms with Gasteiger partial charge < -0.3 is 14.2 Å². The van der Waals surface area contributed by atoms with E-state index in [4.69, 9.17) is 14.2 Å². The van der Waals surface area contributed by atoms with Gasteiger partial charge >= 0.3 is 6.09 Å². The van der Waals surface area contributed by atoms with Crippen LogP contribution in [0.2, 0.25) is 0 Å². The maximum atomic E-state index is 12.3. The van der Waals surface area contributed by atoms with Crippen LogP contribution in [0.15, 0.2) is 24.3 Å². The predicted molar refractivity (Wildman–Crippen MR) is 78.4 cm³/mol. The summed E-state index contributed by atoms with van der Waals surface area (Å²) in [7, 11) is 2.74. The fourth-order valence-corrected chi connectivity index (χ4v) is 1.66. The summed E-state index contributed by atoms with van der Waals surface area (Å²) in [6.07, 6.45) is -1.65. The summed E-state index contributed by atoms with van der Waals surface area (Å²) in [5.74, 6) is -0.383. The zero-order valence-corrected chi connectivity index (χ0v) is 12.9. The maximum absolute atomic E-state index is 12.3. The number of amides is 1. The number of methoxy groups -OCH3 is 2. The quantitative estimate of drug-likeness (QED) is 0.668. The molecule has 6 heteroatoms. The maximum Gasteiger partial charge on any atom is 0.412 e. The van der Waals surface area contributed by atoms with Gasteiger partial charge in [-0.05, 0) is 32.9 Å². The van der Waals surface area contributed by atoms with Crippen molar-refractivity contribution in [2.45, 2.75) is 32.7 Å². The van der Waals surface area contributed by atoms with Gasteiger partial charge in [0.1, 0.15) is 5.60 Å². The van der Waals surface area contributed by atoms with Crippen LogP contribution in [0.25, 0.3) is 0 Å². The largest absolute Gasteiger partial charge is 0.444 e. The Morgan fingerprint density at radius 1 is 1.10 bits per heavy atom. The fraction of sp³-hybridized carbons (Fsp3) is 0.467. The van der Waals surface area contributed by atoms with E-state index in [1.165, 1.54) is 14.2 Å². The molecule has 1 amide bonds. The molecule has 21 heavy (non-hydrogen) atoms. The van der Waals surface area contributed by atoms with Crippen molar-refractivity contribution in [3.8, 4) is 0 Å². The van der Waals surface area contributed by atoms with Crippen molar-refractivity contribution in [1.82, 2.24) is 0 Å².